The fraction of sp³-hybridized carbons (Fsp3) is 0.278. The second-order valence-corrected chi connectivity index (χ2v) is 5.33. The molecule has 4 heteroatoms. The van der Waals surface area contributed by atoms with Crippen LogP contribution in [0, 0.1) is 0 Å². The normalized spacial score (nSPS) is 12.9. The Kier molecular flexibility index (Phi) is 4.28. The van der Waals surface area contributed by atoms with E-state index < -0.39 is 0 Å². The van der Waals surface area contributed by atoms with Gasteiger partial charge in [0.2, 0.25) is 5.91 Å². The molecule has 1 aliphatic heterocycles. The van der Waals surface area contributed by atoms with Gasteiger partial charge in [0.15, 0.2) is 0 Å². The number of fused-ring (bicyclic) bond motifs is 1. The molecule has 0 bridgehead atoms. The van der Waals surface area contributed by atoms with E-state index in [9.17, 15) is 4.79 Å². The first-order valence-electron chi connectivity index (χ1n) is 7.54. The molecule has 2 aromatic rings. The van der Waals surface area contributed by atoms with E-state index in [1.807, 2.05) is 47.4 Å². The smallest absolute Gasteiger partial charge is 0.228 e. The van der Waals surface area contributed by atoms with E-state index in [1.165, 1.54) is 5.56 Å². The Balaban J connectivity index is 1.52. The van der Waals surface area contributed by atoms with Gasteiger partial charge >= 0.3 is 0 Å². The van der Waals surface area contributed by atoms with Crippen LogP contribution in [-0.2, 0) is 11.2 Å². The highest BCUT2D eigenvalue weighted by Gasteiger charge is 2.23. The fourth-order valence-electron chi connectivity index (χ4n) is 2.75. The number of amides is 1. The lowest BCUT2D eigenvalue weighted by atomic mass is 10.2. The van der Waals surface area contributed by atoms with E-state index in [4.69, 9.17) is 4.74 Å². The summed E-state index contributed by atoms with van der Waals surface area (Å²) in [4.78, 5) is 14.3. The Bertz CT molecular complexity index is 652. The fourth-order valence-corrected chi connectivity index (χ4v) is 2.75. The number of methoxy groups -OCH3 is 1. The Hall–Kier alpha value is -2.49. The summed E-state index contributed by atoms with van der Waals surface area (Å²) in [6.45, 7) is 1.42. The number of para-hydroxylation sites is 1. The molecule has 0 radical (unpaired) electrons. The van der Waals surface area contributed by atoms with Crippen LogP contribution in [0.1, 0.15) is 12.0 Å². The first-order chi connectivity index (χ1) is 10.8. The van der Waals surface area contributed by atoms with Crippen LogP contribution in [0.25, 0.3) is 0 Å². The van der Waals surface area contributed by atoms with Gasteiger partial charge in [-0.15, -0.1) is 0 Å². The monoisotopic (exact) mass is 296 g/mol. The summed E-state index contributed by atoms with van der Waals surface area (Å²) in [6.07, 6.45) is 1.44. The van der Waals surface area contributed by atoms with Gasteiger partial charge in [0.25, 0.3) is 0 Å². The number of carbonyl (C=O) groups is 1. The first-order valence-corrected chi connectivity index (χ1v) is 7.54. The van der Waals surface area contributed by atoms with Gasteiger partial charge in [0.1, 0.15) is 5.75 Å². The van der Waals surface area contributed by atoms with Gasteiger partial charge in [-0.05, 0) is 42.3 Å². The lowest BCUT2D eigenvalue weighted by Gasteiger charge is -2.17. The summed E-state index contributed by atoms with van der Waals surface area (Å²) in [5, 5.41) is 3.27. The Morgan fingerprint density at radius 2 is 1.95 bits per heavy atom. The molecule has 1 amide bonds. The molecule has 0 aromatic heterocycles. The molecule has 1 aliphatic rings. The predicted molar refractivity (Wildman–Crippen MR) is 88.6 cm³/mol. The van der Waals surface area contributed by atoms with Crippen LogP contribution >= 0.6 is 0 Å². The predicted octanol–water partition coefficient (Wildman–Crippen LogP) is 3.09. The number of hydrogen-bond donors (Lipinski definition) is 1. The number of anilines is 2. The number of nitrogens with one attached hydrogen (secondary N) is 1. The number of benzene rings is 2. The molecule has 1 N–H and O–H groups in total. The average Bonchev–Trinajstić information content (AvgIpc) is 2.99. The zero-order valence-electron chi connectivity index (χ0n) is 12.7. The third-order valence-electron chi connectivity index (χ3n) is 3.95. The number of nitrogens with zero attached hydrogens (tertiary/aromatic N) is 1. The van der Waals surface area contributed by atoms with E-state index in [0.717, 1.165) is 30.1 Å². The SMILES string of the molecule is COc1ccc(NCCC(=O)N2CCc3ccccc32)cc1. The highest BCUT2D eigenvalue weighted by Crippen LogP contribution is 2.27. The van der Waals surface area contributed by atoms with Crippen LogP contribution in [0.2, 0.25) is 0 Å². The summed E-state index contributed by atoms with van der Waals surface area (Å²) in [5.74, 6) is 1.00. The summed E-state index contributed by atoms with van der Waals surface area (Å²) < 4.78 is 5.12. The molecule has 0 spiro atoms. The zero-order valence-corrected chi connectivity index (χ0v) is 12.7. The lowest BCUT2D eigenvalue weighted by molar-refractivity contribution is -0.118. The molecule has 0 aliphatic carbocycles. The van der Waals surface area contributed by atoms with Crippen LogP contribution in [-0.4, -0.2) is 26.1 Å². The number of rotatable bonds is 5. The summed E-state index contributed by atoms with van der Waals surface area (Å²) in [7, 11) is 1.65. The quantitative estimate of drug-likeness (QED) is 0.922. The van der Waals surface area contributed by atoms with Crippen molar-refractivity contribution in [1.82, 2.24) is 0 Å². The first kappa shape index (κ1) is 14.4. The van der Waals surface area contributed by atoms with E-state index >= 15 is 0 Å². The molecule has 22 heavy (non-hydrogen) atoms. The molecule has 0 unspecified atom stereocenters. The van der Waals surface area contributed by atoms with Crippen LogP contribution in [0.15, 0.2) is 48.5 Å². The maximum Gasteiger partial charge on any atom is 0.228 e. The molecule has 0 atom stereocenters. The Morgan fingerprint density at radius 1 is 1.18 bits per heavy atom. The molecule has 1 heterocycles. The van der Waals surface area contributed by atoms with Gasteiger partial charge in [-0.1, -0.05) is 18.2 Å². The van der Waals surface area contributed by atoms with E-state index in [1.54, 1.807) is 7.11 Å². The maximum absolute atomic E-state index is 12.4. The van der Waals surface area contributed by atoms with Crippen molar-refractivity contribution in [2.45, 2.75) is 12.8 Å². The molecule has 4 nitrogen and oxygen atoms in total. The van der Waals surface area contributed by atoms with Crippen molar-refractivity contribution in [3.8, 4) is 5.75 Å². The number of hydrogen-bond acceptors (Lipinski definition) is 3. The van der Waals surface area contributed by atoms with Crippen LogP contribution in [0.4, 0.5) is 11.4 Å². The third-order valence-corrected chi connectivity index (χ3v) is 3.95. The van der Waals surface area contributed by atoms with Crippen molar-refractivity contribution in [2.24, 2.45) is 0 Å². The van der Waals surface area contributed by atoms with Gasteiger partial charge in [0.05, 0.1) is 7.11 Å². The van der Waals surface area contributed by atoms with Crippen molar-refractivity contribution >= 4 is 17.3 Å². The Morgan fingerprint density at radius 3 is 2.73 bits per heavy atom. The van der Waals surface area contributed by atoms with E-state index in [-0.39, 0.29) is 5.91 Å². The van der Waals surface area contributed by atoms with Gasteiger partial charge in [-0.25, -0.2) is 0 Å². The minimum absolute atomic E-state index is 0.172. The second-order valence-electron chi connectivity index (χ2n) is 5.33. The van der Waals surface area contributed by atoms with Crippen LogP contribution < -0.4 is 15.0 Å². The highest BCUT2D eigenvalue weighted by molar-refractivity contribution is 5.95. The van der Waals surface area contributed by atoms with Crippen molar-refractivity contribution in [1.29, 1.82) is 0 Å². The van der Waals surface area contributed by atoms with E-state index in [0.29, 0.717) is 13.0 Å². The van der Waals surface area contributed by atoms with Crippen molar-refractivity contribution < 1.29 is 9.53 Å². The summed E-state index contributed by atoms with van der Waals surface area (Å²) in [5.41, 5.74) is 3.33. The van der Waals surface area contributed by atoms with Gasteiger partial charge < -0.3 is 15.0 Å². The van der Waals surface area contributed by atoms with Crippen molar-refractivity contribution in [2.75, 3.05) is 30.4 Å². The molecule has 3 rings (SSSR count). The summed E-state index contributed by atoms with van der Waals surface area (Å²) in [6, 6.07) is 15.8. The Labute approximate surface area is 130 Å². The summed E-state index contributed by atoms with van der Waals surface area (Å²) >= 11 is 0. The van der Waals surface area contributed by atoms with Gasteiger partial charge in [-0.2, -0.15) is 0 Å². The molecule has 0 saturated carbocycles. The minimum Gasteiger partial charge on any atom is -0.497 e. The van der Waals surface area contributed by atoms with Crippen molar-refractivity contribution in [3.63, 3.8) is 0 Å². The van der Waals surface area contributed by atoms with Crippen LogP contribution in [0.3, 0.4) is 0 Å². The standard InChI is InChI=1S/C18H20N2O2/c1-22-16-8-6-15(7-9-16)19-12-10-18(21)20-13-11-14-4-2-3-5-17(14)20/h2-9,19H,10-13H2,1H3. The zero-order chi connectivity index (χ0) is 15.4. The average molecular weight is 296 g/mol. The van der Waals surface area contributed by atoms with Crippen LogP contribution in [0.5, 0.6) is 5.75 Å². The third kappa shape index (κ3) is 3.06. The molecule has 0 fully saturated rings. The highest BCUT2D eigenvalue weighted by atomic mass is 16.5. The van der Waals surface area contributed by atoms with Gasteiger partial charge in [0, 0.05) is 30.9 Å². The molecule has 114 valence electrons. The van der Waals surface area contributed by atoms with Gasteiger partial charge in [-0.3, -0.25) is 4.79 Å². The molecular formula is C18H20N2O2. The largest absolute Gasteiger partial charge is 0.497 e. The topological polar surface area (TPSA) is 41.6 Å². The minimum atomic E-state index is 0.172. The number of carbonyl (C=O) groups excluding carboxylic acids is 1. The lowest BCUT2D eigenvalue weighted by Crippen LogP contribution is -2.30. The molecular weight excluding hydrogens is 276 g/mol. The second kappa shape index (κ2) is 6.52. The molecule has 2 aromatic carbocycles. The van der Waals surface area contributed by atoms with E-state index in [2.05, 4.69) is 11.4 Å². The van der Waals surface area contributed by atoms with Crippen molar-refractivity contribution in [3.05, 3.63) is 54.1 Å². The molecule has 0 saturated heterocycles. The maximum atomic E-state index is 12.4. The number of ether oxygens (including phenoxy) is 1.